The smallest absolute Gasteiger partial charge is 0.186 e. The van der Waals surface area contributed by atoms with E-state index in [1.807, 2.05) is 18.2 Å². The number of epoxide rings is 1. The van der Waals surface area contributed by atoms with E-state index in [0.717, 1.165) is 11.1 Å². The molecule has 3 aliphatic heterocycles. The van der Waals surface area contributed by atoms with E-state index in [4.69, 9.17) is 14.2 Å². The van der Waals surface area contributed by atoms with Crippen molar-refractivity contribution in [1.29, 1.82) is 0 Å². The zero-order valence-corrected chi connectivity index (χ0v) is 9.50. The van der Waals surface area contributed by atoms with Gasteiger partial charge < -0.3 is 19.3 Å². The Morgan fingerprint density at radius 1 is 1.35 bits per heavy atom. The molecule has 3 saturated heterocycles. The standard InChI is InChI=1S/C13H14O4/c1-7-4-2-3-5-8(7)13-9-6-15-12(16-9)10(14)11(13)17-13/h2-5,9-12,14H,6H2,1H3/t9-,10-,11-,12-,13+/m1/s1. The molecule has 1 N–H and O–H groups in total. The van der Waals surface area contributed by atoms with Crippen LogP contribution in [0.2, 0.25) is 0 Å². The molecule has 3 fully saturated rings. The van der Waals surface area contributed by atoms with Crippen molar-refractivity contribution in [1.82, 2.24) is 0 Å². The normalized spacial score (nSPS) is 46.7. The molecule has 3 aliphatic rings. The van der Waals surface area contributed by atoms with Crippen LogP contribution in [0.1, 0.15) is 11.1 Å². The van der Waals surface area contributed by atoms with Crippen LogP contribution in [-0.4, -0.2) is 36.3 Å². The number of benzene rings is 1. The van der Waals surface area contributed by atoms with Gasteiger partial charge in [-0.3, -0.25) is 0 Å². The second-order valence-corrected chi connectivity index (χ2v) is 4.96. The van der Waals surface area contributed by atoms with Crippen molar-refractivity contribution in [3.8, 4) is 0 Å². The third kappa shape index (κ3) is 1.11. The predicted octanol–water partition coefficient (Wildman–Crippen LogP) is 0.705. The molecule has 90 valence electrons. The van der Waals surface area contributed by atoms with Crippen molar-refractivity contribution in [3.63, 3.8) is 0 Å². The molecule has 0 saturated carbocycles. The van der Waals surface area contributed by atoms with E-state index in [1.165, 1.54) is 0 Å². The van der Waals surface area contributed by atoms with Gasteiger partial charge in [-0.1, -0.05) is 24.3 Å². The van der Waals surface area contributed by atoms with Gasteiger partial charge in [-0.2, -0.15) is 0 Å². The summed E-state index contributed by atoms with van der Waals surface area (Å²) in [7, 11) is 0. The molecule has 4 heteroatoms. The number of aliphatic hydroxyl groups is 1. The van der Waals surface area contributed by atoms with E-state index in [2.05, 4.69) is 13.0 Å². The predicted molar refractivity (Wildman–Crippen MR) is 58.3 cm³/mol. The number of fused-ring (bicyclic) bond motifs is 4. The molecular formula is C13H14O4. The summed E-state index contributed by atoms with van der Waals surface area (Å²) >= 11 is 0. The van der Waals surface area contributed by atoms with Crippen LogP contribution < -0.4 is 0 Å². The van der Waals surface area contributed by atoms with Gasteiger partial charge in [0.1, 0.15) is 18.3 Å². The van der Waals surface area contributed by atoms with Gasteiger partial charge in [-0.25, -0.2) is 0 Å². The Morgan fingerprint density at radius 3 is 3.00 bits per heavy atom. The highest BCUT2D eigenvalue weighted by Crippen LogP contribution is 2.58. The molecule has 0 unspecified atom stereocenters. The molecule has 0 aromatic heterocycles. The number of hydrogen-bond acceptors (Lipinski definition) is 4. The number of aliphatic hydroxyl groups excluding tert-OH is 1. The topological polar surface area (TPSA) is 51.2 Å². The van der Waals surface area contributed by atoms with Crippen LogP contribution in [0.25, 0.3) is 0 Å². The largest absolute Gasteiger partial charge is 0.385 e. The van der Waals surface area contributed by atoms with Gasteiger partial charge in [0.25, 0.3) is 0 Å². The molecule has 0 spiro atoms. The molecule has 4 nitrogen and oxygen atoms in total. The van der Waals surface area contributed by atoms with E-state index in [9.17, 15) is 5.11 Å². The molecule has 3 heterocycles. The average Bonchev–Trinajstić information content (AvgIpc) is 2.93. The molecule has 0 radical (unpaired) electrons. The van der Waals surface area contributed by atoms with Crippen molar-refractivity contribution in [3.05, 3.63) is 35.4 Å². The van der Waals surface area contributed by atoms with Crippen molar-refractivity contribution in [2.75, 3.05) is 6.61 Å². The maximum Gasteiger partial charge on any atom is 0.186 e. The zero-order chi connectivity index (χ0) is 11.6. The maximum absolute atomic E-state index is 10.0. The summed E-state index contributed by atoms with van der Waals surface area (Å²) < 4.78 is 16.9. The van der Waals surface area contributed by atoms with Gasteiger partial charge in [-0.05, 0) is 18.1 Å². The second kappa shape index (κ2) is 3.09. The fourth-order valence-corrected chi connectivity index (χ4v) is 3.13. The highest BCUT2D eigenvalue weighted by molar-refractivity contribution is 5.40. The zero-order valence-electron chi connectivity index (χ0n) is 9.50. The van der Waals surface area contributed by atoms with Crippen molar-refractivity contribution < 1.29 is 19.3 Å². The summed E-state index contributed by atoms with van der Waals surface area (Å²) in [5, 5.41) is 10.0. The maximum atomic E-state index is 10.0. The summed E-state index contributed by atoms with van der Waals surface area (Å²) in [6.45, 7) is 2.55. The Balaban J connectivity index is 1.82. The lowest BCUT2D eigenvalue weighted by molar-refractivity contribution is -0.151. The molecule has 1 aromatic carbocycles. The van der Waals surface area contributed by atoms with E-state index < -0.39 is 18.0 Å². The van der Waals surface area contributed by atoms with Crippen molar-refractivity contribution in [2.24, 2.45) is 0 Å². The fraction of sp³-hybridized carbons (Fsp3) is 0.538. The first-order valence-corrected chi connectivity index (χ1v) is 5.92. The Bertz CT molecular complexity index is 474. The Morgan fingerprint density at radius 2 is 2.18 bits per heavy atom. The molecule has 4 rings (SSSR count). The van der Waals surface area contributed by atoms with Crippen LogP contribution in [0.3, 0.4) is 0 Å². The SMILES string of the molecule is Cc1ccccc1[C@@]12O[C@@H]1[C@@H](O)[C@@H]1OC[C@H]2O1. The lowest BCUT2D eigenvalue weighted by Gasteiger charge is -2.27. The second-order valence-electron chi connectivity index (χ2n) is 4.96. The Hall–Kier alpha value is -0.940. The van der Waals surface area contributed by atoms with Crippen molar-refractivity contribution in [2.45, 2.75) is 37.1 Å². The van der Waals surface area contributed by atoms with E-state index >= 15 is 0 Å². The molecule has 2 bridgehead atoms. The van der Waals surface area contributed by atoms with Gasteiger partial charge in [0.15, 0.2) is 11.9 Å². The minimum absolute atomic E-state index is 0.0954. The van der Waals surface area contributed by atoms with Crippen LogP contribution in [0.5, 0.6) is 0 Å². The Kier molecular flexibility index (Phi) is 1.82. The summed E-state index contributed by atoms with van der Waals surface area (Å²) in [5.74, 6) is 0. The van der Waals surface area contributed by atoms with Gasteiger partial charge in [0, 0.05) is 0 Å². The average molecular weight is 234 g/mol. The number of ether oxygens (including phenoxy) is 3. The van der Waals surface area contributed by atoms with E-state index in [-0.39, 0.29) is 12.2 Å². The van der Waals surface area contributed by atoms with Crippen LogP contribution in [0, 0.1) is 6.92 Å². The first-order valence-electron chi connectivity index (χ1n) is 5.92. The molecule has 0 aliphatic carbocycles. The molecule has 17 heavy (non-hydrogen) atoms. The summed E-state index contributed by atoms with van der Waals surface area (Å²) in [4.78, 5) is 0. The first-order chi connectivity index (χ1) is 8.23. The third-order valence-corrected chi connectivity index (χ3v) is 4.03. The lowest BCUT2D eigenvalue weighted by Crippen LogP contribution is -2.45. The number of hydrogen-bond donors (Lipinski definition) is 1. The monoisotopic (exact) mass is 234 g/mol. The highest BCUT2D eigenvalue weighted by atomic mass is 16.8. The lowest BCUT2D eigenvalue weighted by atomic mass is 9.84. The van der Waals surface area contributed by atoms with Crippen LogP contribution in [-0.2, 0) is 19.8 Å². The molecular weight excluding hydrogens is 220 g/mol. The summed E-state index contributed by atoms with van der Waals surface area (Å²) in [5.41, 5.74) is 1.78. The van der Waals surface area contributed by atoms with Gasteiger partial charge in [0.05, 0.1) is 6.61 Å². The van der Waals surface area contributed by atoms with Gasteiger partial charge in [-0.15, -0.1) is 0 Å². The third-order valence-electron chi connectivity index (χ3n) is 4.03. The van der Waals surface area contributed by atoms with E-state index in [0.29, 0.717) is 6.61 Å². The quantitative estimate of drug-likeness (QED) is 0.727. The van der Waals surface area contributed by atoms with Gasteiger partial charge >= 0.3 is 0 Å². The van der Waals surface area contributed by atoms with Crippen LogP contribution in [0.15, 0.2) is 24.3 Å². The van der Waals surface area contributed by atoms with E-state index in [1.54, 1.807) is 0 Å². The molecule has 1 aromatic rings. The number of aryl methyl sites for hydroxylation is 1. The van der Waals surface area contributed by atoms with Crippen LogP contribution in [0.4, 0.5) is 0 Å². The highest BCUT2D eigenvalue weighted by Gasteiger charge is 2.73. The minimum atomic E-state index is -0.687. The van der Waals surface area contributed by atoms with Crippen molar-refractivity contribution >= 4 is 0 Å². The first kappa shape index (κ1) is 10.0. The number of rotatable bonds is 1. The fourth-order valence-electron chi connectivity index (χ4n) is 3.13. The molecule has 0 amide bonds. The van der Waals surface area contributed by atoms with Gasteiger partial charge in [0.2, 0.25) is 0 Å². The minimum Gasteiger partial charge on any atom is -0.385 e. The molecule has 5 atom stereocenters. The summed E-state index contributed by atoms with van der Waals surface area (Å²) in [6.07, 6.45) is -1.48. The van der Waals surface area contributed by atoms with Crippen LogP contribution >= 0.6 is 0 Å². The Labute approximate surface area is 99.1 Å². The summed E-state index contributed by atoms with van der Waals surface area (Å²) in [6, 6.07) is 8.09.